The van der Waals surface area contributed by atoms with E-state index in [2.05, 4.69) is 10.1 Å². The van der Waals surface area contributed by atoms with Crippen LogP contribution in [0.3, 0.4) is 0 Å². The topological polar surface area (TPSA) is 68.5 Å². The molecule has 1 unspecified atom stereocenters. The zero-order valence-corrected chi connectivity index (χ0v) is 11.7. The summed E-state index contributed by atoms with van der Waals surface area (Å²) in [5, 5.41) is 3.64. The zero-order chi connectivity index (χ0) is 14.7. The highest BCUT2D eigenvalue weighted by atomic mass is 16.5. The van der Waals surface area contributed by atoms with E-state index in [1.807, 2.05) is 31.2 Å². The number of para-hydroxylation sites is 1. The quantitative estimate of drug-likeness (QED) is 0.870. The van der Waals surface area contributed by atoms with Gasteiger partial charge in [0.05, 0.1) is 13.5 Å². The van der Waals surface area contributed by atoms with Crippen molar-refractivity contribution >= 4 is 22.8 Å². The number of fused-ring (bicyclic) bond motifs is 1. The van der Waals surface area contributed by atoms with Crippen LogP contribution in [0.4, 0.5) is 0 Å². The predicted octanol–water partition coefficient (Wildman–Crippen LogP) is 2.42. The molecule has 106 valence electrons. The first-order chi connectivity index (χ1) is 9.52. The zero-order valence-electron chi connectivity index (χ0n) is 11.7. The van der Waals surface area contributed by atoms with Crippen molar-refractivity contribution in [3.05, 3.63) is 35.6 Å². The fourth-order valence-electron chi connectivity index (χ4n) is 2.06. The van der Waals surface area contributed by atoms with Crippen molar-refractivity contribution in [3.63, 3.8) is 0 Å². The fourth-order valence-corrected chi connectivity index (χ4v) is 2.06. The van der Waals surface area contributed by atoms with E-state index in [4.69, 9.17) is 4.42 Å². The van der Waals surface area contributed by atoms with E-state index < -0.39 is 0 Å². The Morgan fingerprint density at radius 3 is 2.70 bits per heavy atom. The third-order valence-corrected chi connectivity index (χ3v) is 3.13. The molecule has 0 aliphatic rings. The van der Waals surface area contributed by atoms with Gasteiger partial charge < -0.3 is 14.5 Å². The Morgan fingerprint density at radius 2 is 2.05 bits per heavy atom. The second-order valence-electron chi connectivity index (χ2n) is 4.71. The first kappa shape index (κ1) is 14.1. The molecular formula is C15H17NO4. The Kier molecular flexibility index (Phi) is 4.08. The van der Waals surface area contributed by atoms with E-state index in [-0.39, 0.29) is 30.1 Å². The molecular weight excluding hydrogens is 258 g/mol. The lowest BCUT2D eigenvalue weighted by Crippen LogP contribution is -2.34. The van der Waals surface area contributed by atoms with E-state index >= 15 is 0 Å². The molecule has 2 aromatic rings. The maximum Gasteiger partial charge on any atom is 0.307 e. The minimum Gasteiger partial charge on any atom is -0.469 e. The molecule has 0 fully saturated rings. The lowest BCUT2D eigenvalue weighted by molar-refractivity contribution is -0.141. The molecule has 1 amide bonds. The molecule has 1 atom stereocenters. The van der Waals surface area contributed by atoms with Gasteiger partial charge in [0, 0.05) is 17.0 Å². The van der Waals surface area contributed by atoms with Crippen LogP contribution in [0.1, 0.15) is 29.5 Å². The van der Waals surface area contributed by atoms with Crippen molar-refractivity contribution in [2.75, 3.05) is 7.11 Å². The number of benzene rings is 1. The van der Waals surface area contributed by atoms with Crippen molar-refractivity contribution < 1.29 is 18.7 Å². The summed E-state index contributed by atoms with van der Waals surface area (Å²) in [6.45, 7) is 3.58. The first-order valence-electron chi connectivity index (χ1n) is 6.38. The average molecular weight is 275 g/mol. The minimum atomic E-state index is -0.362. The summed E-state index contributed by atoms with van der Waals surface area (Å²) in [7, 11) is 1.32. The molecule has 0 aliphatic carbocycles. The lowest BCUT2D eigenvalue weighted by Gasteiger charge is -2.11. The number of hydrogen-bond donors (Lipinski definition) is 1. The lowest BCUT2D eigenvalue weighted by atomic mass is 10.1. The van der Waals surface area contributed by atoms with Gasteiger partial charge in [-0.2, -0.15) is 0 Å². The third-order valence-electron chi connectivity index (χ3n) is 3.13. The summed E-state index contributed by atoms with van der Waals surface area (Å²) in [5.74, 6) is -0.405. The van der Waals surface area contributed by atoms with Crippen molar-refractivity contribution in [1.82, 2.24) is 5.32 Å². The number of hydrogen-bond acceptors (Lipinski definition) is 4. The number of amides is 1. The van der Waals surface area contributed by atoms with Gasteiger partial charge in [0.15, 0.2) is 5.76 Å². The van der Waals surface area contributed by atoms with Crippen LogP contribution in [-0.2, 0) is 9.53 Å². The standard InChI is InChI=1S/C15H17NO4/c1-9(8-13(17)19-3)16-15(18)14-10(2)11-6-4-5-7-12(11)20-14/h4-7,9H,8H2,1-3H3,(H,16,18). The Balaban J connectivity index is 2.15. The Labute approximate surface area is 116 Å². The van der Waals surface area contributed by atoms with Crippen LogP contribution >= 0.6 is 0 Å². The number of furan rings is 1. The van der Waals surface area contributed by atoms with Gasteiger partial charge in [-0.3, -0.25) is 9.59 Å². The second kappa shape index (κ2) is 5.77. The van der Waals surface area contributed by atoms with Crippen LogP contribution in [0.2, 0.25) is 0 Å². The van der Waals surface area contributed by atoms with Crippen molar-refractivity contribution in [2.45, 2.75) is 26.3 Å². The summed E-state index contributed by atoms with van der Waals surface area (Å²) < 4.78 is 10.1. The predicted molar refractivity (Wildman–Crippen MR) is 74.5 cm³/mol. The highest BCUT2D eigenvalue weighted by Crippen LogP contribution is 2.24. The second-order valence-corrected chi connectivity index (χ2v) is 4.71. The Bertz CT molecular complexity index is 644. The van der Waals surface area contributed by atoms with Gasteiger partial charge in [-0.1, -0.05) is 18.2 Å². The average Bonchev–Trinajstić information content (AvgIpc) is 2.76. The summed E-state index contributed by atoms with van der Waals surface area (Å²) in [6.07, 6.45) is 0.127. The molecule has 1 heterocycles. The molecule has 1 aromatic heterocycles. The SMILES string of the molecule is COC(=O)CC(C)NC(=O)c1oc2ccccc2c1C. The van der Waals surface area contributed by atoms with Crippen molar-refractivity contribution in [2.24, 2.45) is 0 Å². The molecule has 1 N–H and O–H groups in total. The van der Waals surface area contributed by atoms with Crippen LogP contribution in [-0.4, -0.2) is 25.0 Å². The highest BCUT2D eigenvalue weighted by molar-refractivity contribution is 5.99. The molecule has 0 saturated carbocycles. The first-order valence-corrected chi connectivity index (χ1v) is 6.38. The minimum absolute atomic E-state index is 0.127. The number of esters is 1. The smallest absolute Gasteiger partial charge is 0.307 e. The molecule has 0 aliphatic heterocycles. The summed E-state index contributed by atoms with van der Waals surface area (Å²) in [6, 6.07) is 7.15. The fraction of sp³-hybridized carbons (Fsp3) is 0.333. The van der Waals surface area contributed by atoms with E-state index in [0.29, 0.717) is 5.58 Å². The Hall–Kier alpha value is -2.30. The van der Waals surface area contributed by atoms with Crippen LogP contribution in [0, 0.1) is 6.92 Å². The number of ether oxygens (including phenoxy) is 1. The van der Waals surface area contributed by atoms with Gasteiger partial charge >= 0.3 is 5.97 Å². The molecule has 0 bridgehead atoms. The van der Waals surface area contributed by atoms with Crippen LogP contribution in [0.25, 0.3) is 11.0 Å². The molecule has 0 radical (unpaired) electrons. The number of rotatable bonds is 4. The van der Waals surface area contributed by atoms with Crippen LogP contribution in [0.15, 0.2) is 28.7 Å². The highest BCUT2D eigenvalue weighted by Gasteiger charge is 2.20. The number of nitrogens with one attached hydrogen (secondary N) is 1. The van der Waals surface area contributed by atoms with E-state index in [1.165, 1.54) is 7.11 Å². The molecule has 1 aromatic carbocycles. The largest absolute Gasteiger partial charge is 0.469 e. The number of carbonyl (C=O) groups is 2. The van der Waals surface area contributed by atoms with Crippen LogP contribution in [0.5, 0.6) is 0 Å². The maximum absolute atomic E-state index is 12.2. The van der Waals surface area contributed by atoms with Gasteiger partial charge in [0.2, 0.25) is 0 Å². The van der Waals surface area contributed by atoms with Gasteiger partial charge in [0.1, 0.15) is 5.58 Å². The molecule has 0 spiro atoms. The third kappa shape index (κ3) is 2.82. The molecule has 2 rings (SSSR count). The molecule has 20 heavy (non-hydrogen) atoms. The van der Waals surface area contributed by atoms with E-state index in [9.17, 15) is 9.59 Å². The van der Waals surface area contributed by atoms with Gasteiger partial charge in [-0.25, -0.2) is 0 Å². The van der Waals surface area contributed by atoms with Crippen molar-refractivity contribution in [1.29, 1.82) is 0 Å². The number of methoxy groups -OCH3 is 1. The van der Waals surface area contributed by atoms with Gasteiger partial charge in [-0.15, -0.1) is 0 Å². The van der Waals surface area contributed by atoms with Crippen LogP contribution < -0.4 is 5.32 Å². The molecule has 5 heteroatoms. The van der Waals surface area contributed by atoms with Crippen molar-refractivity contribution in [3.8, 4) is 0 Å². The van der Waals surface area contributed by atoms with E-state index in [1.54, 1.807) is 6.92 Å². The Morgan fingerprint density at radius 1 is 1.35 bits per heavy atom. The molecule has 5 nitrogen and oxygen atoms in total. The van der Waals surface area contributed by atoms with E-state index in [0.717, 1.165) is 10.9 Å². The van der Waals surface area contributed by atoms with Gasteiger partial charge in [0.25, 0.3) is 5.91 Å². The summed E-state index contributed by atoms with van der Waals surface area (Å²) in [4.78, 5) is 23.3. The number of carbonyl (C=O) groups excluding carboxylic acids is 2. The van der Waals surface area contributed by atoms with Gasteiger partial charge in [-0.05, 0) is 19.9 Å². The summed E-state index contributed by atoms with van der Waals surface area (Å²) >= 11 is 0. The normalized spacial score (nSPS) is 12.2. The monoisotopic (exact) mass is 275 g/mol. The number of aryl methyl sites for hydroxylation is 1. The molecule has 0 saturated heterocycles. The summed E-state index contributed by atoms with van der Waals surface area (Å²) in [5.41, 5.74) is 1.47. The maximum atomic E-state index is 12.2.